The average molecular weight is 316 g/mol. The number of hydrogen-bond donors (Lipinski definition) is 2. The van der Waals surface area contributed by atoms with E-state index in [1.54, 1.807) is 6.07 Å². The summed E-state index contributed by atoms with van der Waals surface area (Å²) in [5.41, 5.74) is 6.37. The first kappa shape index (κ1) is 15.0. The van der Waals surface area contributed by atoms with Crippen LogP contribution in [-0.2, 0) is 6.42 Å². The summed E-state index contributed by atoms with van der Waals surface area (Å²) in [6.45, 7) is 4.60. The van der Waals surface area contributed by atoms with Crippen LogP contribution in [0.25, 0.3) is 0 Å². The lowest BCUT2D eigenvalue weighted by atomic mass is 10.1. The van der Waals surface area contributed by atoms with Gasteiger partial charge in [0, 0.05) is 17.1 Å². The lowest BCUT2D eigenvalue weighted by Gasteiger charge is -2.08. The van der Waals surface area contributed by atoms with Crippen LogP contribution in [0, 0.1) is 5.82 Å². The minimum Gasteiger partial charge on any atom is -0.370 e. The fraction of sp³-hybridized carbons (Fsp3) is 0.462. The molecular weight excluding hydrogens is 297 g/mol. The van der Waals surface area contributed by atoms with E-state index in [9.17, 15) is 4.39 Å². The van der Waals surface area contributed by atoms with Gasteiger partial charge < -0.3 is 11.1 Å². The molecule has 18 heavy (non-hydrogen) atoms. The molecule has 0 saturated carbocycles. The topological polar surface area (TPSA) is 50.4 Å². The second-order valence-electron chi connectivity index (χ2n) is 4.41. The number of halogens is 2. The number of aryl methyl sites for hydroxylation is 1. The van der Waals surface area contributed by atoms with E-state index in [4.69, 9.17) is 5.73 Å². The molecule has 0 aromatic heterocycles. The zero-order chi connectivity index (χ0) is 13.5. The Morgan fingerprint density at radius 1 is 1.50 bits per heavy atom. The van der Waals surface area contributed by atoms with E-state index in [1.165, 1.54) is 6.07 Å². The van der Waals surface area contributed by atoms with E-state index in [1.807, 2.05) is 19.9 Å². The Balaban J connectivity index is 2.38. The summed E-state index contributed by atoms with van der Waals surface area (Å²) in [7, 11) is 0. The van der Waals surface area contributed by atoms with Crippen molar-refractivity contribution in [2.24, 2.45) is 10.7 Å². The second kappa shape index (κ2) is 7.36. The van der Waals surface area contributed by atoms with Gasteiger partial charge in [0.15, 0.2) is 5.96 Å². The number of hydrogen-bond acceptors (Lipinski definition) is 1. The van der Waals surface area contributed by atoms with Gasteiger partial charge >= 0.3 is 0 Å². The van der Waals surface area contributed by atoms with Crippen molar-refractivity contribution in [2.45, 2.75) is 32.7 Å². The first-order valence-corrected chi connectivity index (χ1v) is 6.78. The van der Waals surface area contributed by atoms with Crippen molar-refractivity contribution in [1.29, 1.82) is 0 Å². The fourth-order valence-corrected chi connectivity index (χ4v) is 1.87. The Hall–Kier alpha value is -1.10. The molecule has 5 heteroatoms. The highest BCUT2D eigenvalue weighted by Crippen LogP contribution is 2.16. The molecule has 1 rings (SSSR count). The van der Waals surface area contributed by atoms with Gasteiger partial charge in [0.2, 0.25) is 0 Å². The molecule has 1 aromatic rings. The third-order valence-corrected chi connectivity index (χ3v) is 2.83. The molecule has 3 nitrogen and oxygen atoms in total. The van der Waals surface area contributed by atoms with E-state index in [-0.39, 0.29) is 11.9 Å². The number of guanidine groups is 1. The SMILES string of the molecule is CC(C)NC(N)=NCCCc1ccc(Br)cc1F. The number of aliphatic imine (C=N–C) groups is 1. The molecule has 3 N–H and O–H groups in total. The molecule has 0 aliphatic carbocycles. The predicted octanol–water partition coefficient (Wildman–Crippen LogP) is 2.83. The Morgan fingerprint density at radius 2 is 2.22 bits per heavy atom. The van der Waals surface area contributed by atoms with Crippen molar-refractivity contribution in [3.63, 3.8) is 0 Å². The standard InChI is InChI=1S/C13H19BrFN3/c1-9(2)18-13(16)17-7-3-4-10-5-6-11(14)8-12(10)15/h5-6,8-9H,3-4,7H2,1-2H3,(H3,16,17,18). The van der Waals surface area contributed by atoms with Crippen molar-refractivity contribution in [1.82, 2.24) is 5.32 Å². The summed E-state index contributed by atoms with van der Waals surface area (Å²) in [6.07, 6.45) is 1.44. The molecule has 0 bridgehead atoms. The van der Waals surface area contributed by atoms with Gasteiger partial charge in [0.25, 0.3) is 0 Å². The van der Waals surface area contributed by atoms with Crippen LogP contribution in [0.3, 0.4) is 0 Å². The van der Waals surface area contributed by atoms with Crippen LogP contribution < -0.4 is 11.1 Å². The molecule has 0 aliphatic rings. The van der Waals surface area contributed by atoms with E-state index < -0.39 is 0 Å². The summed E-state index contributed by atoms with van der Waals surface area (Å²) < 4.78 is 14.3. The minimum absolute atomic E-state index is 0.179. The Kier molecular flexibility index (Phi) is 6.12. The third-order valence-electron chi connectivity index (χ3n) is 2.34. The van der Waals surface area contributed by atoms with Gasteiger partial charge in [-0.1, -0.05) is 22.0 Å². The third kappa shape index (κ3) is 5.49. The van der Waals surface area contributed by atoms with Crippen molar-refractivity contribution in [2.75, 3.05) is 6.54 Å². The molecule has 0 amide bonds. The van der Waals surface area contributed by atoms with Crippen LogP contribution in [0.4, 0.5) is 4.39 Å². The summed E-state index contributed by atoms with van der Waals surface area (Å²) in [6, 6.07) is 5.39. The molecule has 0 fully saturated rings. The maximum absolute atomic E-state index is 13.5. The second-order valence-corrected chi connectivity index (χ2v) is 5.32. The number of nitrogens with one attached hydrogen (secondary N) is 1. The number of nitrogens with two attached hydrogens (primary N) is 1. The van der Waals surface area contributed by atoms with Crippen molar-refractivity contribution in [3.8, 4) is 0 Å². The van der Waals surface area contributed by atoms with Gasteiger partial charge in [-0.15, -0.1) is 0 Å². The highest BCUT2D eigenvalue weighted by molar-refractivity contribution is 9.10. The summed E-state index contributed by atoms with van der Waals surface area (Å²) in [4.78, 5) is 4.18. The maximum Gasteiger partial charge on any atom is 0.188 e. The van der Waals surface area contributed by atoms with Crippen LogP contribution in [0.15, 0.2) is 27.7 Å². The van der Waals surface area contributed by atoms with Gasteiger partial charge in [-0.2, -0.15) is 0 Å². The van der Waals surface area contributed by atoms with Crippen molar-refractivity contribution >= 4 is 21.9 Å². The monoisotopic (exact) mass is 315 g/mol. The van der Waals surface area contributed by atoms with Gasteiger partial charge in [-0.05, 0) is 44.4 Å². The molecule has 1 aromatic carbocycles. The highest BCUT2D eigenvalue weighted by Gasteiger charge is 2.02. The predicted molar refractivity (Wildman–Crippen MR) is 77.2 cm³/mol. The molecule has 100 valence electrons. The van der Waals surface area contributed by atoms with Gasteiger partial charge in [0.05, 0.1) is 0 Å². The molecule has 0 heterocycles. The molecule has 0 radical (unpaired) electrons. The van der Waals surface area contributed by atoms with Gasteiger partial charge in [-0.25, -0.2) is 4.39 Å². The van der Waals surface area contributed by atoms with E-state index in [2.05, 4.69) is 26.2 Å². The largest absolute Gasteiger partial charge is 0.370 e. The lowest BCUT2D eigenvalue weighted by Crippen LogP contribution is -2.36. The van der Waals surface area contributed by atoms with Crippen LogP contribution in [0.1, 0.15) is 25.8 Å². The zero-order valence-electron chi connectivity index (χ0n) is 10.7. The molecule has 0 atom stereocenters. The van der Waals surface area contributed by atoms with Crippen molar-refractivity contribution in [3.05, 3.63) is 34.1 Å². The molecule has 0 unspecified atom stereocenters. The van der Waals surface area contributed by atoms with E-state index >= 15 is 0 Å². The first-order chi connectivity index (χ1) is 8.49. The molecule has 0 saturated heterocycles. The average Bonchev–Trinajstić information content (AvgIpc) is 2.25. The summed E-state index contributed by atoms with van der Waals surface area (Å²) >= 11 is 3.23. The first-order valence-electron chi connectivity index (χ1n) is 5.99. The number of rotatable bonds is 5. The number of benzene rings is 1. The Bertz CT molecular complexity index is 419. The zero-order valence-corrected chi connectivity index (χ0v) is 12.3. The van der Waals surface area contributed by atoms with Crippen LogP contribution in [0.2, 0.25) is 0 Å². The Labute approximate surface area is 116 Å². The van der Waals surface area contributed by atoms with Gasteiger partial charge in [0.1, 0.15) is 5.82 Å². The Morgan fingerprint density at radius 3 is 2.83 bits per heavy atom. The summed E-state index contributed by atoms with van der Waals surface area (Å²) in [5.74, 6) is 0.267. The maximum atomic E-state index is 13.5. The summed E-state index contributed by atoms with van der Waals surface area (Å²) in [5, 5.41) is 3.01. The van der Waals surface area contributed by atoms with E-state index in [0.29, 0.717) is 24.5 Å². The quantitative estimate of drug-likeness (QED) is 0.498. The van der Waals surface area contributed by atoms with E-state index in [0.717, 1.165) is 10.9 Å². The van der Waals surface area contributed by atoms with Crippen molar-refractivity contribution < 1.29 is 4.39 Å². The van der Waals surface area contributed by atoms with Crippen LogP contribution >= 0.6 is 15.9 Å². The van der Waals surface area contributed by atoms with Gasteiger partial charge in [-0.3, -0.25) is 4.99 Å². The number of nitrogens with zero attached hydrogens (tertiary/aromatic N) is 1. The molecule has 0 aliphatic heterocycles. The minimum atomic E-state index is -0.179. The molecular formula is C13H19BrFN3. The normalized spacial score (nSPS) is 11.9. The van der Waals surface area contributed by atoms with Crippen LogP contribution in [0.5, 0.6) is 0 Å². The molecule has 0 spiro atoms. The highest BCUT2D eigenvalue weighted by atomic mass is 79.9. The lowest BCUT2D eigenvalue weighted by molar-refractivity contribution is 0.604. The van der Waals surface area contributed by atoms with Crippen LogP contribution in [-0.4, -0.2) is 18.5 Å². The fourth-order valence-electron chi connectivity index (χ4n) is 1.53. The smallest absolute Gasteiger partial charge is 0.188 e.